The lowest BCUT2D eigenvalue weighted by molar-refractivity contribution is -0.135. The number of carbonyl (C=O) groups is 2. The molecule has 0 aliphatic rings. The van der Waals surface area contributed by atoms with Crippen molar-refractivity contribution in [2.75, 3.05) is 11.9 Å². The number of hydrazone groups is 1. The lowest BCUT2D eigenvalue weighted by atomic mass is 10.3. The molecule has 0 bridgehead atoms. The first-order valence-electron chi connectivity index (χ1n) is 6.04. The molecule has 1 aromatic rings. The molecule has 1 rings (SSSR count). The van der Waals surface area contributed by atoms with Crippen LogP contribution in [-0.2, 0) is 9.53 Å². The number of anilines is 1. The molecule has 1 aromatic carbocycles. The van der Waals surface area contributed by atoms with Crippen LogP contribution in [0.1, 0.15) is 19.8 Å². The Morgan fingerprint density at radius 3 is 2.74 bits per heavy atom. The number of amides is 2. The van der Waals surface area contributed by atoms with E-state index >= 15 is 0 Å². The van der Waals surface area contributed by atoms with Crippen LogP contribution in [0.25, 0.3) is 0 Å². The number of esters is 1. The average Bonchev–Trinajstić information content (AvgIpc) is 2.40. The number of ether oxygens (including phenoxy) is 1. The third-order valence-corrected chi connectivity index (χ3v) is 2.11. The van der Waals surface area contributed by atoms with E-state index in [9.17, 15) is 9.59 Å². The largest absolute Gasteiger partial charge is 0.461 e. The summed E-state index contributed by atoms with van der Waals surface area (Å²) in [7, 11) is 0. The third kappa shape index (κ3) is 6.82. The minimum absolute atomic E-state index is 0.359. The van der Waals surface area contributed by atoms with Crippen molar-refractivity contribution < 1.29 is 14.3 Å². The predicted octanol–water partition coefficient (Wildman–Crippen LogP) is 2.14. The molecule has 0 spiro atoms. The fourth-order valence-electron chi connectivity index (χ4n) is 1.18. The Kier molecular flexibility index (Phi) is 6.71. The number of urea groups is 1. The van der Waals surface area contributed by atoms with Crippen LogP contribution in [0.3, 0.4) is 0 Å². The minimum Gasteiger partial charge on any atom is -0.461 e. The molecule has 102 valence electrons. The van der Waals surface area contributed by atoms with Gasteiger partial charge in [0.25, 0.3) is 0 Å². The molecular formula is C13H17N3O3. The van der Waals surface area contributed by atoms with Crippen LogP contribution in [0.4, 0.5) is 10.5 Å². The number of para-hydroxylation sites is 1. The summed E-state index contributed by atoms with van der Waals surface area (Å²) in [5.74, 6) is -0.575. The summed E-state index contributed by atoms with van der Waals surface area (Å²) in [6, 6.07) is 8.38. The minimum atomic E-state index is -0.575. The first kappa shape index (κ1) is 14.7. The first-order valence-corrected chi connectivity index (χ1v) is 6.04. The Morgan fingerprint density at radius 2 is 2.05 bits per heavy atom. The molecule has 0 saturated carbocycles. The van der Waals surface area contributed by atoms with Crippen LogP contribution in [0.2, 0.25) is 0 Å². The zero-order valence-corrected chi connectivity index (χ0v) is 10.8. The second-order valence-corrected chi connectivity index (χ2v) is 3.71. The van der Waals surface area contributed by atoms with E-state index in [4.69, 9.17) is 4.74 Å². The van der Waals surface area contributed by atoms with Crippen LogP contribution < -0.4 is 10.7 Å². The summed E-state index contributed by atoms with van der Waals surface area (Å²) in [6.07, 6.45) is 2.68. The number of rotatable bonds is 6. The molecule has 0 radical (unpaired) electrons. The maximum atomic E-state index is 11.4. The zero-order chi connectivity index (χ0) is 13.9. The highest BCUT2D eigenvalue weighted by Gasteiger charge is 2.00. The van der Waals surface area contributed by atoms with Gasteiger partial charge in [-0.2, -0.15) is 5.10 Å². The SMILES string of the molecule is CCCCOC(=O)/C=N/NC(=O)Nc1ccccc1. The van der Waals surface area contributed by atoms with E-state index in [1.54, 1.807) is 24.3 Å². The van der Waals surface area contributed by atoms with Crippen molar-refractivity contribution >= 4 is 23.9 Å². The fraction of sp³-hybridized carbons (Fsp3) is 0.308. The van der Waals surface area contributed by atoms with E-state index in [1.165, 1.54) is 0 Å². The third-order valence-electron chi connectivity index (χ3n) is 2.11. The van der Waals surface area contributed by atoms with E-state index in [-0.39, 0.29) is 0 Å². The average molecular weight is 263 g/mol. The van der Waals surface area contributed by atoms with Gasteiger partial charge in [-0.05, 0) is 18.6 Å². The van der Waals surface area contributed by atoms with Crippen molar-refractivity contribution in [2.24, 2.45) is 5.10 Å². The predicted molar refractivity (Wildman–Crippen MR) is 73.0 cm³/mol. The molecule has 6 nitrogen and oxygen atoms in total. The molecule has 0 aliphatic carbocycles. The summed E-state index contributed by atoms with van der Waals surface area (Å²) in [6.45, 7) is 2.36. The van der Waals surface area contributed by atoms with Crippen molar-refractivity contribution in [3.63, 3.8) is 0 Å². The lowest BCUT2D eigenvalue weighted by Crippen LogP contribution is -2.24. The highest BCUT2D eigenvalue weighted by atomic mass is 16.5. The smallest absolute Gasteiger partial charge is 0.351 e. The van der Waals surface area contributed by atoms with Crippen molar-refractivity contribution in [3.05, 3.63) is 30.3 Å². The van der Waals surface area contributed by atoms with Crippen molar-refractivity contribution in [3.8, 4) is 0 Å². The molecule has 2 N–H and O–H groups in total. The second kappa shape index (κ2) is 8.68. The van der Waals surface area contributed by atoms with Crippen LogP contribution in [-0.4, -0.2) is 24.8 Å². The van der Waals surface area contributed by atoms with Gasteiger partial charge < -0.3 is 10.1 Å². The Balaban J connectivity index is 2.24. The molecule has 0 aromatic heterocycles. The van der Waals surface area contributed by atoms with Crippen molar-refractivity contribution in [1.82, 2.24) is 5.43 Å². The van der Waals surface area contributed by atoms with Gasteiger partial charge in [0.1, 0.15) is 6.21 Å². The zero-order valence-electron chi connectivity index (χ0n) is 10.8. The standard InChI is InChI=1S/C13H17N3O3/c1-2-3-9-19-12(17)10-14-16-13(18)15-11-7-5-4-6-8-11/h4-8,10H,2-3,9H2,1H3,(H2,15,16,18)/b14-10+. The molecule has 0 saturated heterocycles. The van der Waals surface area contributed by atoms with Crippen LogP contribution in [0, 0.1) is 0 Å². The van der Waals surface area contributed by atoms with E-state index < -0.39 is 12.0 Å². The molecule has 0 fully saturated rings. The molecule has 0 aliphatic heterocycles. The van der Waals surface area contributed by atoms with Crippen LogP contribution >= 0.6 is 0 Å². The fourth-order valence-corrected chi connectivity index (χ4v) is 1.18. The quantitative estimate of drug-likeness (QED) is 0.357. The van der Waals surface area contributed by atoms with Crippen LogP contribution in [0.15, 0.2) is 35.4 Å². The van der Waals surface area contributed by atoms with Gasteiger partial charge in [-0.15, -0.1) is 0 Å². The molecule has 6 heteroatoms. The highest BCUT2D eigenvalue weighted by Crippen LogP contribution is 2.03. The number of nitrogens with zero attached hydrogens (tertiary/aromatic N) is 1. The topological polar surface area (TPSA) is 79.8 Å². The number of hydrogen-bond acceptors (Lipinski definition) is 4. The van der Waals surface area contributed by atoms with Gasteiger partial charge >= 0.3 is 12.0 Å². The number of nitrogens with one attached hydrogen (secondary N) is 2. The summed E-state index contributed by atoms with van der Waals surface area (Å²) < 4.78 is 4.82. The molecule has 19 heavy (non-hydrogen) atoms. The van der Waals surface area contributed by atoms with Crippen LogP contribution in [0.5, 0.6) is 0 Å². The van der Waals surface area contributed by atoms with E-state index in [0.717, 1.165) is 19.1 Å². The van der Waals surface area contributed by atoms with Crippen molar-refractivity contribution in [1.29, 1.82) is 0 Å². The first-order chi connectivity index (χ1) is 9.22. The van der Waals surface area contributed by atoms with Gasteiger partial charge in [0.05, 0.1) is 6.61 Å². The second-order valence-electron chi connectivity index (χ2n) is 3.71. The van der Waals surface area contributed by atoms with Gasteiger partial charge in [0, 0.05) is 5.69 Å². The Bertz CT molecular complexity index is 432. The molecule has 0 unspecified atom stereocenters. The summed E-state index contributed by atoms with van der Waals surface area (Å²) >= 11 is 0. The lowest BCUT2D eigenvalue weighted by Gasteiger charge is -2.03. The molecule has 0 atom stereocenters. The number of unbranched alkanes of at least 4 members (excludes halogenated alkanes) is 1. The Labute approximate surface area is 111 Å². The summed E-state index contributed by atoms with van der Waals surface area (Å²) in [5, 5.41) is 6.04. The Hall–Kier alpha value is -2.37. The van der Waals surface area contributed by atoms with E-state index in [1.807, 2.05) is 13.0 Å². The van der Waals surface area contributed by atoms with Gasteiger partial charge in [0.15, 0.2) is 0 Å². The number of benzene rings is 1. The number of carbonyl (C=O) groups excluding carboxylic acids is 2. The maximum Gasteiger partial charge on any atom is 0.351 e. The van der Waals surface area contributed by atoms with Gasteiger partial charge in [-0.1, -0.05) is 31.5 Å². The maximum absolute atomic E-state index is 11.4. The van der Waals surface area contributed by atoms with E-state index in [2.05, 4.69) is 15.8 Å². The molecular weight excluding hydrogens is 246 g/mol. The van der Waals surface area contributed by atoms with Gasteiger partial charge in [-0.3, -0.25) is 0 Å². The monoisotopic (exact) mass is 263 g/mol. The summed E-state index contributed by atoms with van der Waals surface area (Å²) in [5.41, 5.74) is 2.81. The van der Waals surface area contributed by atoms with E-state index in [0.29, 0.717) is 12.3 Å². The highest BCUT2D eigenvalue weighted by molar-refractivity contribution is 6.23. The summed E-state index contributed by atoms with van der Waals surface area (Å²) in [4.78, 5) is 22.5. The number of hydrogen-bond donors (Lipinski definition) is 2. The molecule has 2 amide bonds. The molecule has 0 heterocycles. The van der Waals surface area contributed by atoms with Gasteiger partial charge in [0.2, 0.25) is 0 Å². The van der Waals surface area contributed by atoms with Crippen molar-refractivity contribution in [2.45, 2.75) is 19.8 Å². The Morgan fingerprint density at radius 1 is 1.32 bits per heavy atom. The van der Waals surface area contributed by atoms with Gasteiger partial charge in [-0.25, -0.2) is 15.0 Å². The normalized spacial score (nSPS) is 10.2.